The molecule has 1 fully saturated rings. The number of benzene rings is 1. The summed E-state index contributed by atoms with van der Waals surface area (Å²) in [5.41, 5.74) is 0. The molecule has 0 radical (unpaired) electrons. The molecule has 0 saturated carbocycles. The van der Waals surface area contributed by atoms with Gasteiger partial charge >= 0.3 is 0 Å². The molecule has 1 aliphatic heterocycles. The van der Waals surface area contributed by atoms with Crippen LogP contribution in [0.4, 0.5) is 0 Å². The van der Waals surface area contributed by atoms with Gasteiger partial charge in [-0.1, -0.05) is 39.1 Å². The lowest BCUT2D eigenvalue weighted by molar-refractivity contribution is 0.394. The van der Waals surface area contributed by atoms with Crippen molar-refractivity contribution in [3.8, 4) is 0 Å². The molecule has 8 heteroatoms. The van der Waals surface area contributed by atoms with Crippen LogP contribution in [0.25, 0.3) is 0 Å². The van der Waals surface area contributed by atoms with Gasteiger partial charge in [0, 0.05) is 17.6 Å². The minimum atomic E-state index is -3.70. The minimum absolute atomic E-state index is 0.0598. The van der Waals surface area contributed by atoms with E-state index in [0.29, 0.717) is 16.9 Å². The number of hydrogen-bond donors (Lipinski definition) is 1. The molecule has 0 spiro atoms. The number of sulfonamides is 1. The fourth-order valence-electron chi connectivity index (χ4n) is 2.28. The third kappa shape index (κ3) is 3.87. The molecule has 1 aliphatic rings. The van der Waals surface area contributed by atoms with Crippen LogP contribution in [0.1, 0.15) is 6.42 Å². The molecule has 1 atom stereocenters. The summed E-state index contributed by atoms with van der Waals surface area (Å²) in [6, 6.07) is 3.04. The Morgan fingerprint density at radius 3 is 2.50 bits per heavy atom. The molecule has 20 heavy (non-hydrogen) atoms. The molecule has 1 heterocycles. The van der Waals surface area contributed by atoms with E-state index >= 15 is 0 Å². The Morgan fingerprint density at radius 1 is 1.40 bits per heavy atom. The van der Waals surface area contributed by atoms with Crippen LogP contribution in [0.15, 0.2) is 21.5 Å². The van der Waals surface area contributed by atoms with Crippen molar-refractivity contribution in [3.05, 3.63) is 26.7 Å². The highest BCUT2D eigenvalue weighted by atomic mass is 79.9. The van der Waals surface area contributed by atoms with E-state index in [1.54, 1.807) is 0 Å². The van der Waals surface area contributed by atoms with Gasteiger partial charge in [-0.25, -0.2) is 13.1 Å². The second-order valence-corrected chi connectivity index (χ2v) is 8.40. The molecule has 0 aromatic heterocycles. The van der Waals surface area contributed by atoms with Gasteiger partial charge in [0.1, 0.15) is 4.90 Å². The smallest absolute Gasteiger partial charge is 0.243 e. The summed E-state index contributed by atoms with van der Waals surface area (Å²) >= 11 is 15.2. The maximum atomic E-state index is 12.3. The number of rotatable bonds is 4. The second kappa shape index (κ2) is 6.50. The third-order valence-corrected chi connectivity index (χ3v) is 6.08. The summed E-state index contributed by atoms with van der Waals surface area (Å²) in [4.78, 5) is 2.12. The molecule has 112 valence electrons. The van der Waals surface area contributed by atoms with Crippen molar-refractivity contribution in [2.45, 2.75) is 11.3 Å². The van der Waals surface area contributed by atoms with Crippen molar-refractivity contribution in [2.75, 3.05) is 26.7 Å². The van der Waals surface area contributed by atoms with Crippen molar-refractivity contribution in [1.82, 2.24) is 9.62 Å². The van der Waals surface area contributed by atoms with E-state index in [9.17, 15) is 8.42 Å². The first kappa shape index (κ1) is 16.5. The average Bonchev–Trinajstić information content (AvgIpc) is 2.71. The zero-order valence-electron chi connectivity index (χ0n) is 10.9. The maximum absolute atomic E-state index is 12.3. The molecular formula is C12H15BrCl2N2O2S. The third-order valence-electron chi connectivity index (χ3n) is 3.28. The first-order chi connectivity index (χ1) is 9.29. The standard InChI is InChI=1S/C12H15BrCl2N2O2S/c1-17-3-2-8(7-17)6-16-20(18,19)12-10(14)4-9(13)5-11(12)15/h4-5,8,16H,2-3,6-7H2,1H3. The van der Waals surface area contributed by atoms with Crippen LogP contribution in [0, 0.1) is 5.92 Å². The van der Waals surface area contributed by atoms with Crippen LogP contribution in [-0.4, -0.2) is 40.0 Å². The van der Waals surface area contributed by atoms with E-state index in [1.165, 1.54) is 12.1 Å². The number of likely N-dealkylation sites (tertiary alicyclic amines) is 1. The van der Waals surface area contributed by atoms with Crippen LogP contribution in [0.2, 0.25) is 10.0 Å². The predicted octanol–water partition coefficient (Wildman–Crippen LogP) is 2.99. The first-order valence-electron chi connectivity index (χ1n) is 6.12. The zero-order chi connectivity index (χ0) is 14.9. The van der Waals surface area contributed by atoms with E-state index in [0.717, 1.165) is 19.5 Å². The number of nitrogens with one attached hydrogen (secondary N) is 1. The summed E-state index contributed by atoms with van der Waals surface area (Å²) < 4.78 is 27.9. The quantitative estimate of drug-likeness (QED) is 0.843. The summed E-state index contributed by atoms with van der Waals surface area (Å²) in [5, 5.41) is 0.223. The fraction of sp³-hybridized carbons (Fsp3) is 0.500. The van der Waals surface area contributed by atoms with Crippen molar-refractivity contribution >= 4 is 49.2 Å². The second-order valence-electron chi connectivity index (χ2n) is 4.97. The van der Waals surface area contributed by atoms with Crippen molar-refractivity contribution < 1.29 is 8.42 Å². The lowest BCUT2D eigenvalue weighted by Crippen LogP contribution is -2.31. The molecule has 1 saturated heterocycles. The van der Waals surface area contributed by atoms with Gasteiger partial charge in [0.15, 0.2) is 0 Å². The Kier molecular flexibility index (Phi) is 5.37. The van der Waals surface area contributed by atoms with Crippen LogP contribution >= 0.6 is 39.1 Å². The lowest BCUT2D eigenvalue weighted by atomic mass is 10.1. The largest absolute Gasteiger partial charge is 0.306 e. The SMILES string of the molecule is CN1CCC(CNS(=O)(=O)c2c(Cl)cc(Br)cc2Cl)C1. The van der Waals surface area contributed by atoms with Crippen LogP contribution in [0.3, 0.4) is 0 Å². The van der Waals surface area contributed by atoms with E-state index in [2.05, 4.69) is 25.6 Å². The van der Waals surface area contributed by atoms with Gasteiger partial charge < -0.3 is 4.90 Å². The molecule has 0 aliphatic carbocycles. The zero-order valence-corrected chi connectivity index (χ0v) is 14.8. The molecule has 4 nitrogen and oxygen atoms in total. The highest BCUT2D eigenvalue weighted by Gasteiger charge is 2.25. The number of nitrogens with zero attached hydrogens (tertiary/aromatic N) is 1. The average molecular weight is 402 g/mol. The van der Waals surface area contributed by atoms with E-state index in [4.69, 9.17) is 23.2 Å². The summed E-state index contributed by atoms with van der Waals surface area (Å²) in [7, 11) is -1.67. The van der Waals surface area contributed by atoms with Gasteiger partial charge in [0.25, 0.3) is 0 Å². The van der Waals surface area contributed by atoms with E-state index in [-0.39, 0.29) is 14.9 Å². The maximum Gasteiger partial charge on any atom is 0.243 e. The Bertz CT molecular complexity index is 586. The van der Waals surface area contributed by atoms with Crippen LogP contribution in [-0.2, 0) is 10.0 Å². The van der Waals surface area contributed by atoms with Gasteiger partial charge in [-0.05, 0) is 38.1 Å². The molecule has 1 unspecified atom stereocenters. The van der Waals surface area contributed by atoms with Crippen LogP contribution < -0.4 is 4.72 Å². The lowest BCUT2D eigenvalue weighted by Gasteiger charge is -2.14. The Labute approximate surface area is 137 Å². The molecule has 0 bridgehead atoms. The van der Waals surface area contributed by atoms with Gasteiger partial charge in [-0.3, -0.25) is 0 Å². The number of halogens is 3. The van der Waals surface area contributed by atoms with E-state index in [1.807, 2.05) is 7.05 Å². The van der Waals surface area contributed by atoms with Crippen molar-refractivity contribution in [1.29, 1.82) is 0 Å². The first-order valence-corrected chi connectivity index (χ1v) is 9.15. The molecule has 2 rings (SSSR count). The van der Waals surface area contributed by atoms with Gasteiger partial charge in [0.2, 0.25) is 10.0 Å². The summed E-state index contributed by atoms with van der Waals surface area (Å²) in [5.74, 6) is 0.322. The van der Waals surface area contributed by atoms with Gasteiger partial charge in [-0.2, -0.15) is 0 Å². The van der Waals surface area contributed by atoms with Crippen molar-refractivity contribution in [2.24, 2.45) is 5.92 Å². The highest BCUT2D eigenvalue weighted by molar-refractivity contribution is 9.10. The van der Waals surface area contributed by atoms with Gasteiger partial charge in [-0.15, -0.1) is 0 Å². The molecular weight excluding hydrogens is 387 g/mol. The topological polar surface area (TPSA) is 49.4 Å². The number of hydrogen-bond acceptors (Lipinski definition) is 3. The fourth-order valence-corrected chi connectivity index (χ4v) is 5.33. The molecule has 1 aromatic rings. The molecule has 0 amide bonds. The highest BCUT2D eigenvalue weighted by Crippen LogP contribution is 2.32. The predicted molar refractivity (Wildman–Crippen MR) is 85.0 cm³/mol. The van der Waals surface area contributed by atoms with Gasteiger partial charge in [0.05, 0.1) is 10.0 Å². The monoisotopic (exact) mass is 400 g/mol. The summed E-state index contributed by atoms with van der Waals surface area (Å²) in [6.07, 6.45) is 0.987. The van der Waals surface area contributed by atoms with Crippen LogP contribution in [0.5, 0.6) is 0 Å². The molecule has 1 aromatic carbocycles. The Morgan fingerprint density at radius 2 is 2.00 bits per heavy atom. The minimum Gasteiger partial charge on any atom is -0.306 e. The summed E-state index contributed by atoms with van der Waals surface area (Å²) in [6.45, 7) is 2.28. The normalized spacial score (nSPS) is 20.5. The van der Waals surface area contributed by atoms with Crippen molar-refractivity contribution in [3.63, 3.8) is 0 Å². The molecule has 1 N–H and O–H groups in total. The Balaban J connectivity index is 2.15. The Hall–Kier alpha value is 0.150. The van der Waals surface area contributed by atoms with E-state index < -0.39 is 10.0 Å².